The van der Waals surface area contributed by atoms with E-state index in [1.54, 1.807) is 0 Å². The zero-order valence-corrected chi connectivity index (χ0v) is 21.3. The van der Waals surface area contributed by atoms with E-state index in [1.165, 1.54) is 27.3 Å². The van der Waals surface area contributed by atoms with E-state index >= 15 is 0 Å². The van der Waals surface area contributed by atoms with Gasteiger partial charge in [-0.15, -0.1) is 0 Å². The van der Waals surface area contributed by atoms with Crippen LogP contribution in [0.25, 0.3) is 21.5 Å². The number of aliphatic imine (C=N–C) groups is 2. The molecule has 0 bridgehead atoms. The van der Waals surface area contributed by atoms with Crippen molar-refractivity contribution in [2.45, 2.75) is 39.5 Å². The Bertz CT molecular complexity index is 1650. The molecule has 0 N–H and O–H groups in total. The molecule has 36 heavy (non-hydrogen) atoms. The quantitative estimate of drug-likeness (QED) is 0.252. The average molecular weight is 467 g/mol. The van der Waals surface area contributed by atoms with Crippen LogP contribution in [0.4, 0.5) is 11.4 Å². The fourth-order valence-electron chi connectivity index (χ4n) is 5.40. The highest BCUT2D eigenvalue weighted by Crippen LogP contribution is 2.39. The number of fused-ring (bicyclic) bond motifs is 1. The van der Waals surface area contributed by atoms with Crippen molar-refractivity contribution < 1.29 is 0 Å². The Labute approximate surface area is 213 Å². The first-order valence-electron chi connectivity index (χ1n) is 12.8. The summed E-state index contributed by atoms with van der Waals surface area (Å²) in [6.45, 7) is 8.99. The maximum atomic E-state index is 5.48. The molecule has 0 atom stereocenters. The molecule has 2 heteroatoms. The van der Waals surface area contributed by atoms with Crippen LogP contribution in [0.5, 0.6) is 0 Å². The maximum absolute atomic E-state index is 5.48. The monoisotopic (exact) mass is 466 g/mol. The Morgan fingerprint density at radius 2 is 1.03 bits per heavy atom. The van der Waals surface area contributed by atoms with Gasteiger partial charge in [0.1, 0.15) is 0 Å². The van der Waals surface area contributed by atoms with Gasteiger partial charge in [-0.1, -0.05) is 119 Å². The maximum Gasteiger partial charge on any atom is 0.0979 e. The molecule has 0 aliphatic heterocycles. The second kappa shape index (κ2) is 8.87. The van der Waals surface area contributed by atoms with Crippen molar-refractivity contribution in [3.05, 3.63) is 119 Å². The van der Waals surface area contributed by atoms with Gasteiger partial charge in [0.25, 0.3) is 0 Å². The molecule has 1 aliphatic carbocycles. The van der Waals surface area contributed by atoms with Crippen molar-refractivity contribution in [2.24, 2.45) is 9.98 Å². The standard InChI is InChI=1S/C34H30N2/c1-21(2)25-16-10-17-26(22(3)4)32(25)36-34-29-19-8-14-24-13-7-18-28(31(24)29)33(34)35-30-20-9-12-23-11-5-6-15-27(23)30/h5-22H,1-4H3. The normalized spacial score (nSPS) is 15.3. The summed E-state index contributed by atoms with van der Waals surface area (Å²) in [6.07, 6.45) is 0. The van der Waals surface area contributed by atoms with E-state index in [1.807, 2.05) is 0 Å². The minimum atomic E-state index is 0.376. The zero-order valence-electron chi connectivity index (χ0n) is 21.3. The Morgan fingerprint density at radius 3 is 1.69 bits per heavy atom. The smallest absolute Gasteiger partial charge is 0.0979 e. The minimum absolute atomic E-state index is 0.376. The van der Waals surface area contributed by atoms with Gasteiger partial charge >= 0.3 is 0 Å². The van der Waals surface area contributed by atoms with Crippen molar-refractivity contribution >= 4 is 44.3 Å². The molecule has 2 nitrogen and oxygen atoms in total. The van der Waals surface area contributed by atoms with Gasteiger partial charge in [-0.25, -0.2) is 9.98 Å². The number of hydrogen-bond donors (Lipinski definition) is 0. The van der Waals surface area contributed by atoms with Crippen LogP contribution in [-0.2, 0) is 0 Å². The predicted octanol–water partition coefficient (Wildman–Crippen LogP) is 9.49. The Balaban J connectivity index is 1.68. The highest BCUT2D eigenvalue weighted by atomic mass is 14.8. The molecule has 0 fully saturated rings. The molecular weight excluding hydrogens is 436 g/mol. The molecule has 0 radical (unpaired) electrons. The van der Waals surface area contributed by atoms with Crippen LogP contribution >= 0.6 is 0 Å². The van der Waals surface area contributed by atoms with Gasteiger partial charge in [-0.2, -0.15) is 0 Å². The first-order valence-corrected chi connectivity index (χ1v) is 12.8. The number of nitrogens with zero attached hydrogens (tertiary/aromatic N) is 2. The fourth-order valence-corrected chi connectivity index (χ4v) is 5.40. The van der Waals surface area contributed by atoms with Crippen LogP contribution in [0.1, 0.15) is 61.8 Å². The molecule has 0 saturated heterocycles. The Kier molecular flexibility index (Phi) is 5.53. The van der Waals surface area contributed by atoms with E-state index < -0.39 is 0 Å². The van der Waals surface area contributed by atoms with Gasteiger partial charge < -0.3 is 0 Å². The van der Waals surface area contributed by atoms with Crippen LogP contribution in [-0.4, -0.2) is 11.4 Å². The van der Waals surface area contributed by atoms with Gasteiger partial charge in [-0.05, 0) is 39.8 Å². The van der Waals surface area contributed by atoms with Gasteiger partial charge in [0.2, 0.25) is 0 Å². The molecule has 0 saturated carbocycles. The van der Waals surface area contributed by atoms with E-state index in [0.29, 0.717) is 11.8 Å². The van der Waals surface area contributed by atoms with E-state index in [2.05, 4.69) is 125 Å². The molecular formula is C34H30N2. The zero-order chi connectivity index (χ0) is 24.8. The van der Waals surface area contributed by atoms with Crippen LogP contribution in [0.2, 0.25) is 0 Å². The summed E-state index contributed by atoms with van der Waals surface area (Å²) in [6, 6.07) is 34.4. The van der Waals surface area contributed by atoms with Crippen molar-refractivity contribution in [2.75, 3.05) is 0 Å². The lowest BCUT2D eigenvalue weighted by Crippen LogP contribution is -2.11. The largest absolute Gasteiger partial charge is 0.245 e. The number of hydrogen-bond acceptors (Lipinski definition) is 2. The molecule has 176 valence electrons. The molecule has 0 amide bonds. The number of rotatable bonds is 4. The summed E-state index contributed by atoms with van der Waals surface area (Å²) in [4.78, 5) is 10.8. The van der Waals surface area contributed by atoms with E-state index in [0.717, 1.165) is 39.3 Å². The van der Waals surface area contributed by atoms with Gasteiger partial charge in [0.05, 0.1) is 22.8 Å². The molecule has 0 spiro atoms. The van der Waals surface area contributed by atoms with Crippen molar-refractivity contribution in [3.8, 4) is 0 Å². The molecule has 0 aromatic heterocycles. The first-order chi connectivity index (χ1) is 17.5. The third-order valence-electron chi connectivity index (χ3n) is 7.20. The number of para-hydroxylation sites is 1. The second-order valence-electron chi connectivity index (χ2n) is 10.2. The highest BCUT2D eigenvalue weighted by molar-refractivity contribution is 6.61. The van der Waals surface area contributed by atoms with E-state index in [4.69, 9.17) is 9.98 Å². The van der Waals surface area contributed by atoms with Gasteiger partial charge in [0.15, 0.2) is 0 Å². The van der Waals surface area contributed by atoms with Gasteiger partial charge in [-0.3, -0.25) is 0 Å². The Hall–Kier alpha value is -4.04. The first kappa shape index (κ1) is 22.4. The summed E-state index contributed by atoms with van der Waals surface area (Å²) in [7, 11) is 0. The minimum Gasteiger partial charge on any atom is -0.245 e. The van der Waals surface area contributed by atoms with Crippen LogP contribution in [0.15, 0.2) is 107 Å². The van der Waals surface area contributed by atoms with Gasteiger partial charge in [0, 0.05) is 21.9 Å². The number of benzene rings is 5. The lowest BCUT2D eigenvalue weighted by atomic mass is 9.92. The van der Waals surface area contributed by atoms with Crippen LogP contribution < -0.4 is 0 Å². The Morgan fingerprint density at radius 1 is 0.500 bits per heavy atom. The van der Waals surface area contributed by atoms with Crippen molar-refractivity contribution in [3.63, 3.8) is 0 Å². The summed E-state index contributed by atoms with van der Waals surface area (Å²) < 4.78 is 0. The summed E-state index contributed by atoms with van der Waals surface area (Å²) in [5, 5.41) is 4.81. The fraction of sp³-hybridized carbons (Fsp3) is 0.176. The van der Waals surface area contributed by atoms with Crippen molar-refractivity contribution in [1.82, 2.24) is 0 Å². The lowest BCUT2D eigenvalue weighted by molar-refractivity contribution is 0.835. The summed E-state index contributed by atoms with van der Waals surface area (Å²) in [5.74, 6) is 0.752. The molecule has 1 aliphatic rings. The van der Waals surface area contributed by atoms with Crippen LogP contribution in [0, 0.1) is 0 Å². The topological polar surface area (TPSA) is 24.7 Å². The lowest BCUT2D eigenvalue weighted by Gasteiger charge is -2.17. The van der Waals surface area contributed by atoms with Crippen molar-refractivity contribution in [1.29, 1.82) is 0 Å². The van der Waals surface area contributed by atoms with E-state index in [-0.39, 0.29) is 0 Å². The molecule has 6 rings (SSSR count). The predicted molar refractivity (Wildman–Crippen MR) is 155 cm³/mol. The molecule has 5 aromatic rings. The van der Waals surface area contributed by atoms with E-state index in [9.17, 15) is 0 Å². The third kappa shape index (κ3) is 3.65. The molecule has 0 unspecified atom stereocenters. The third-order valence-corrected chi connectivity index (χ3v) is 7.20. The van der Waals surface area contributed by atoms with Crippen LogP contribution in [0.3, 0.4) is 0 Å². The average Bonchev–Trinajstić information content (AvgIpc) is 3.18. The molecule has 5 aromatic carbocycles. The summed E-state index contributed by atoms with van der Waals surface area (Å²) >= 11 is 0. The second-order valence-corrected chi connectivity index (χ2v) is 10.2. The summed E-state index contributed by atoms with van der Waals surface area (Å²) in [5.41, 5.74) is 8.85. The SMILES string of the molecule is CC(C)c1cccc(C(C)C)c1N=C1C(=Nc2cccc3ccccc23)c2cccc3cccc1c23. The molecule has 0 heterocycles. The highest BCUT2D eigenvalue weighted by Gasteiger charge is 2.28.